The van der Waals surface area contributed by atoms with Crippen molar-refractivity contribution in [3.63, 3.8) is 0 Å². The maximum absolute atomic E-state index is 6.33. The lowest BCUT2D eigenvalue weighted by Crippen LogP contribution is -2.61. The van der Waals surface area contributed by atoms with E-state index in [1.165, 1.54) is 81.3 Å². The second kappa shape index (κ2) is 8.81. The molecule has 1 aromatic rings. The Bertz CT molecular complexity index is 620. The number of ether oxygens (including phenoxy) is 1. The van der Waals surface area contributed by atoms with Crippen molar-refractivity contribution in [1.29, 1.82) is 0 Å². The van der Waals surface area contributed by atoms with Gasteiger partial charge < -0.3 is 13.7 Å². The number of likely N-dealkylation sites (N-methyl/N-ethyl adjacent to an activating group) is 1. The van der Waals surface area contributed by atoms with Gasteiger partial charge in [-0.25, -0.2) is 0 Å². The Kier molecular flexibility index (Phi) is 6.39. The molecule has 0 bridgehead atoms. The largest absolute Gasteiger partial charge is 0.375 e. The van der Waals surface area contributed by atoms with Crippen LogP contribution in [0.1, 0.15) is 56.6 Å². The predicted molar refractivity (Wildman–Crippen MR) is 114 cm³/mol. The standard InChI is InChI=1S/C24H41N3O/c1-26(14-7-9-21(19-26)23-11-3-5-13-25-23)17-18-28-20-22-10-8-16-27(2)15-6-4-12-24(22)27/h3,5,11,13,21-22,24H,4,6-10,12,14-20H2,1-2H3/q+2/t21-,22+,24+,26-,27+/m1/s1. The molecule has 1 aromatic heterocycles. The lowest BCUT2D eigenvalue weighted by Gasteiger charge is -2.51. The maximum atomic E-state index is 6.33. The van der Waals surface area contributed by atoms with Crippen molar-refractivity contribution < 1.29 is 13.7 Å². The fraction of sp³-hybridized carbons (Fsp3) is 0.792. The first-order valence-corrected chi connectivity index (χ1v) is 11.7. The van der Waals surface area contributed by atoms with Crippen LogP contribution in [0.25, 0.3) is 0 Å². The van der Waals surface area contributed by atoms with Crippen LogP contribution in [0.15, 0.2) is 24.4 Å². The van der Waals surface area contributed by atoms with Gasteiger partial charge in [0.15, 0.2) is 0 Å². The summed E-state index contributed by atoms with van der Waals surface area (Å²) in [6.45, 7) is 8.33. The molecule has 3 saturated heterocycles. The Labute approximate surface area is 172 Å². The average molecular weight is 388 g/mol. The number of hydrogen-bond acceptors (Lipinski definition) is 2. The van der Waals surface area contributed by atoms with E-state index in [9.17, 15) is 0 Å². The zero-order chi connectivity index (χ0) is 19.5. The summed E-state index contributed by atoms with van der Waals surface area (Å²) < 4.78 is 8.80. The topological polar surface area (TPSA) is 22.1 Å². The number of hydrogen-bond donors (Lipinski definition) is 0. The van der Waals surface area contributed by atoms with Gasteiger partial charge in [-0.15, -0.1) is 0 Å². The number of aromatic nitrogens is 1. The molecular formula is C24H41N3O+2. The number of nitrogens with zero attached hydrogens (tertiary/aromatic N) is 3. The molecule has 0 radical (unpaired) electrons. The molecule has 3 aliphatic heterocycles. The van der Waals surface area contributed by atoms with Crippen LogP contribution in [0.5, 0.6) is 0 Å². The minimum Gasteiger partial charge on any atom is -0.375 e. The number of likely N-dealkylation sites (tertiary alicyclic amines) is 1. The second-order valence-corrected chi connectivity index (χ2v) is 10.3. The van der Waals surface area contributed by atoms with Crippen molar-refractivity contribution >= 4 is 0 Å². The van der Waals surface area contributed by atoms with E-state index < -0.39 is 0 Å². The van der Waals surface area contributed by atoms with Gasteiger partial charge in [0.2, 0.25) is 0 Å². The Hall–Kier alpha value is -0.970. The molecule has 3 fully saturated rings. The molecule has 4 nitrogen and oxygen atoms in total. The molecule has 0 N–H and O–H groups in total. The van der Waals surface area contributed by atoms with Gasteiger partial charge in [0.1, 0.15) is 6.54 Å². The van der Waals surface area contributed by atoms with Crippen LogP contribution in [-0.2, 0) is 4.74 Å². The van der Waals surface area contributed by atoms with Gasteiger partial charge in [-0.3, -0.25) is 4.98 Å². The van der Waals surface area contributed by atoms with Crippen molar-refractivity contribution in [3.05, 3.63) is 30.1 Å². The summed E-state index contributed by atoms with van der Waals surface area (Å²) in [6, 6.07) is 7.22. The normalized spacial score (nSPS) is 38.7. The Morgan fingerprint density at radius 1 is 1.00 bits per heavy atom. The lowest BCUT2D eigenvalue weighted by atomic mass is 9.82. The third-order valence-corrected chi connectivity index (χ3v) is 8.13. The van der Waals surface area contributed by atoms with E-state index in [1.807, 2.05) is 12.3 Å². The first-order chi connectivity index (χ1) is 13.6. The number of rotatable bonds is 6. The predicted octanol–water partition coefficient (Wildman–Crippen LogP) is 3.83. The number of fused-ring (bicyclic) bond motifs is 1. The van der Waals surface area contributed by atoms with Crippen molar-refractivity contribution in [3.8, 4) is 0 Å². The maximum Gasteiger partial charge on any atom is 0.102 e. The fourth-order valence-corrected chi connectivity index (χ4v) is 6.44. The van der Waals surface area contributed by atoms with Gasteiger partial charge in [-0.1, -0.05) is 6.07 Å². The molecule has 4 rings (SSSR count). The van der Waals surface area contributed by atoms with Crippen molar-refractivity contribution in [2.24, 2.45) is 5.92 Å². The van der Waals surface area contributed by atoms with Gasteiger partial charge in [0, 0.05) is 24.2 Å². The molecule has 4 heterocycles. The number of quaternary nitrogens is 2. The molecule has 0 aliphatic carbocycles. The molecule has 28 heavy (non-hydrogen) atoms. The van der Waals surface area contributed by atoms with E-state index in [2.05, 4.69) is 31.2 Å². The van der Waals surface area contributed by atoms with Crippen molar-refractivity contribution in [2.75, 3.05) is 60.0 Å². The Morgan fingerprint density at radius 2 is 1.86 bits per heavy atom. The smallest absolute Gasteiger partial charge is 0.102 e. The molecule has 0 saturated carbocycles. The van der Waals surface area contributed by atoms with Gasteiger partial charge in [0.05, 0.1) is 65.4 Å². The molecule has 4 heteroatoms. The summed E-state index contributed by atoms with van der Waals surface area (Å²) in [5.41, 5.74) is 1.28. The van der Waals surface area contributed by atoms with Crippen molar-refractivity contribution in [2.45, 2.75) is 56.9 Å². The molecule has 156 valence electrons. The van der Waals surface area contributed by atoms with E-state index >= 15 is 0 Å². The highest BCUT2D eigenvalue weighted by atomic mass is 16.5. The fourth-order valence-electron chi connectivity index (χ4n) is 6.44. The highest BCUT2D eigenvalue weighted by Gasteiger charge is 2.43. The summed E-state index contributed by atoms with van der Waals surface area (Å²) in [6.07, 6.45) is 11.6. The molecule has 0 amide bonds. The average Bonchev–Trinajstić information content (AvgIpc) is 2.71. The second-order valence-electron chi connectivity index (χ2n) is 10.3. The SMILES string of the molecule is C[N@+]1(CCOC[C@@H]2CCC[N@+]3(C)CCCC[C@@H]23)CCC[C@@H](c2ccccn2)C1. The zero-order valence-electron chi connectivity index (χ0n) is 18.2. The van der Waals surface area contributed by atoms with Crippen molar-refractivity contribution in [1.82, 2.24) is 4.98 Å². The summed E-state index contributed by atoms with van der Waals surface area (Å²) in [5, 5.41) is 0. The monoisotopic (exact) mass is 387 g/mol. The van der Waals surface area contributed by atoms with Crippen LogP contribution >= 0.6 is 0 Å². The van der Waals surface area contributed by atoms with Crippen LogP contribution in [0, 0.1) is 5.92 Å². The molecule has 3 aliphatic rings. The summed E-state index contributed by atoms with van der Waals surface area (Å²) >= 11 is 0. The van der Waals surface area contributed by atoms with E-state index in [0.717, 1.165) is 36.2 Å². The van der Waals surface area contributed by atoms with Gasteiger partial charge in [0.25, 0.3) is 0 Å². The first-order valence-electron chi connectivity index (χ1n) is 11.7. The highest BCUT2D eigenvalue weighted by Crippen LogP contribution is 2.36. The molecule has 0 aromatic carbocycles. The van der Waals surface area contributed by atoms with Gasteiger partial charge >= 0.3 is 0 Å². The molecule has 0 spiro atoms. The third-order valence-electron chi connectivity index (χ3n) is 8.13. The number of piperidine rings is 3. The summed E-state index contributed by atoms with van der Waals surface area (Å²) in [7, 11) is 4.93. The minimum absolute atomic E-state index is 0.610. The minimum atomic E-state index is 0.610. The highest BCUT2D eigenvalue weighted by molar-refractivity contribution is 5.09. The molecule has 0 unspecified atom stereocenters. The summed E-state index contributed by atoms with van der Waals surface area (Å²) in [5.74, 6) is 1.39. The molecule has 5 atom stereocenters. The van der Waals surface area contributed by atoms with Crippen LogP contribution in [0.4, 0.5) is 0 Å². The summed E-state index contributed by atoms with van der Waals surface area (Å²) in [4.78, 5) is 4.63. The van der Waals surface area contributed by atoms with Crippen LogP contribution in [-0.4, -0.2) is 80.0 Å². The molecular weight excluding hydrogens is 346 g/mol. The Morgan fingerprint density at radius 3 is 2.71 bits per heavy atom. The van der Waals surface area contributed by atoms with Gasteiger partial charge in [-0.2, -0.15) is 0 Å². The van der Waals surface area contributed by atoms with E-state index in [0.29, 0.717) is 5.92 Å². The van der Waals surface area contributed by atoms with Crippen LogP contribution in [0.3, 0.4) is 0 Å². The number of pyridine rings is 1. The van der Waals surface area contributed by atoms with E-state index in [4.69, 9.17) is 4.74 Å². The Balaban J connectivity index is 1.25. The first kappa shape index (κ1) is 20.3. The third kappa shape index (κ3) is 4.60. The van der Waals surface area contributed by atoms with E-state index in [-0.39, 0.29) is 0 Å². The zero-order valence-corrected chi connectivity index (χ0v) is 18.2. The quantitative estimate of drug-likeness (QED) is 0.547. The van der Waals surface area contributed by atoms with Gasteiger partial charge in [-0.05, 0) is 50.7 Å². The van der Waals surface area contributed by atoms with Crippen LogP contribution in [0.2, 0.25) is 0 Å². The lowest BCUT2D eigenvalue weighted by molar-refractivity contribution is -0.947. The van der Waals surface area contributed by atoms with Crippen LogP contribution < -0.4 is 0 Å². The van der Waals surface area contributed by atoms with E-state index in [1.54, 1.807) is 0 Å².